The summed E-state index contributed by atoms with van der Waals surface area (Å²) in [5.74, 6) is 0.609. The van der Waals surface area contributed by atoms with Crippen LogP contribution in [-0.2, 0) is 6.54 Å². The van der Waals surface area contributed by atoms with Gasteiger partial charge in [0.15, 0.2) is 0 Å². The molecule has 0 aromatic heterocycles. The molecule has 0 spiro atoms. The fraction of sp³-hybridized carbons (Fsp3) is 0.500. The Kier molecular flexibility index (Phi) is 3.03. The highest BCUT2D eigenvalue weighted by molar-refractivity contribution is 5.33. The Balaban J connectivity index is 2.03. The first kappa shape index (κ1) is 12.2. The monoisotopic (exact) mass is 245 g/mol. The molecular formula is C12H14F3NO. The van der Waals surface area contributed by atoms with Gasteiger partial charge in [0.1, 0.15) is 11.3 Å². The van der Waals surface area contributed by atoms with Crippen LogP contribution >= 0.6 is 0 Å². The number of alkyl halides is 3. The molecule has 0 heterocycles. The van der Waals surface area contributed by atoms with E-state index in [2.05, 4.69) is 5.32 Å². The van der Waals surface area contributed by atoms with Crippen molar-refractivity contribution in [2.75, 3.05) is 7.11 Å². The van der Waals surface area contributed by atoms with Gasteiger partial charge in [0, 0.05) is 12.1 Å². The van der Waals surface area contributed by atoms with Crippen LogP contribution in [-0.4, -0.2) is 18.8 Å². The van der Waals surface area contributed by atoms with Crippen LogP contribution in [0.5, 0.6) is 5.75 Å². The zero-order valence-corrected chi connectivity index (χ0v) is 9.47. The van der Waals surface area contributed by atoms with Gasteiger partial charge < -0.3 is 4.74 Å². The molecule has 0 saturated heterocycles. The van der Waals surface area contributed by atoms with E-state index in [0.29, 0.717) is 5.75 Å². The molecule has 94 valence electrons. The number of methoxy groups -OCH3 is 1. The molecule has 1 N–H and O–H groups in total. The average molecular weight is 245 g/mol. The average Bonchev–Trinajstić information content (AvgIpc) is 3.07. The van der Waals surface area contributed by atoms with Crippen LogP contribution in [0.1, 0.15) is 18.4 Å². The SMILES string of the molecule is COc1ccccc1CNC1(C(F)(F)F)CC1. The van der Waals surface area contributed by atoms with Crippen LogP contribution in [0.15, 0.2) is 24.3 Å². The summed E-state index contributed by atoms with van der Waals surface area (Å²) in [6, 6.07) is 7.08. The normalized spacial score (nSPS) is 17.9. The molecule has 0 aliphatic heterocycles. The van der Waals surface area contributed by atoms with Crippen LogP contribution in [0.2, 0.25) is 0 Å². The molecule has 5 heteroatoms. The number of hydrogen-bond donors (Lipinski definition) is 1. The first-order valence-electron chi connectivity index (χ1n) is 5.42. The lowest BCUT2D eigenvalue weighted by Gasteiger charge is -2.21. The molecule has 0 unspecified atom stereocenters. The van der Waals surface area contributed by atoms with Crippen LogP contribution in [0.3, 0.4) is 0 Å². The number of benzene rings is 1. The fourth-order valence-corrected chi connectivity index (χ4v) is 1.80. The van der Waals surface area contributed by atoms with Gasteiger partial charge in [0.05, 0.1) is 7.11 Å². The summed E-state index contributed by atoms with van der Waals surface area (Å²) < 4.78 is 43.2. The van der Waals surface area contributed by atoms with E-state index >= 15 is 0 Å². The summed E-state index contributed by atoms with van der Waals surface area (Å²) in [5.41, 5.74) is -0.932. The van der Waals surface area contributed by atoms with Crippen molar-refractivity contribution in [1.29, 1.82) is 0 Å². The highest BCUT2D eigenvalue weighted by atomic mass is 19.4. The van der Waals surface area contributed by atoms with Gasteiger partial charge in [-0.15, -0.1) is 0 Å². The summed E-state index contributed by atoms with van der Waals surface area (Å²) in [4.78, 5) is 0. The quantitative estimate of drug-likeness (QED) is 0.880. The third-order valence-corrected chi connectivity index (χ3v) is 3.10. The smallest absolute Gasteiger partial charge is 0.406 e. The van der Waals surface area contributed by atoms with Gasteiger partial charge in [-0.3, -0.25) is 5.32 Å². The van der Waals surface area contributed by atoms with Crippen molar-refractivity contribution in [3.63, 3.8) is 0 Å². The molecule has 17 heavy (non-hydrogen) atoms. The molecule has 2 nitrogen and oxygen atoms in total. The van der Waals surface area contributed by atoms with Crippen LogP contribution in [0, 0.1) is 0 Å². The van der Waals surface area contributed by atoms with Crippen molar-refractivity contribution in [1.82, 2.24) is 5.32 Å². The maximum absolute atomic E-state index is 12.7. The van der Waals surface area contributed by atoms with Crippen molar-refractivity contribution in [3.05, 3.63) is 29.8 Å². The lowest BCUT2D eigenvalue weighted by atomic mass is 10.1. The highest BCUT2D eigenvalue weighted by Crippen LogP contribution is 2.49. The molecule has 0 atom stereocenters. The van der Waals surface area contributed by atoms with E-state index in [0.717, 1.165) is 5.56 Å². The molecule has 1 aliphatic rings. The van der Waals surface area contributed by atoms with Gasteiger partial charge in [0.25, 0.3) is 0 Å². The minimum absolute atomic E-state index is 0.158. The van der Waals surface area contributed by atoms with Gasteiger partial charge in [-0.05, 0) is 18.9 Å². The van der Waals surface area contributed by atoms with E-state index in [9.17, 15) is 13.2 Å². The molecule has 0 radical (unpaired) electrons. The first-order chi connectivity index (χ1) is 7.98. The van der Waals surface area contributed by atoms with E-state index in [-0.39, 0.29) is 19.4 Å². The van der Waals surface area contributed by atoms with Crippen molar-refractivity contribution in [3.8, 4) is 5.75 Å². The first-order valence-corrected chi connectivity index (χ1v) is 5.42. The third kappa shape index (κ3) is 2.39. The van der Waals surface area contributed by atoms with E-state index in [1.54, 1.807) is 24.3 Å². The van der Waals surface area contributed by atoms with Crippen LogP contribution in [0.25, 0.3) is 0 Å². The van der Waals surface area contributed by atoms with E-state index in [4.69, 9.17) is 4.74 Å². The van der Waals surface area contributed by atoms with Gasteiger partial charge in [-0.1, -0.05) is 18.2 Å². The third-order valence-electron chi connectivity index (χ3n) is 3.10. The van der Waals surface area contributed by atoms with Gasteiger partial charge in [0.2, 0.25) is 0 Å². The Labute approximate surface area is 97.8 Å². The second kappa shape index (κ2) is 4.22. The summed E-state index contributed by atoms with van der Waals surface area (Å²) >= 11 is 0. The van der Waals surface area contributed by atoms with Gasteiger partial charge in [-0.25, -0.2) is 0 Å². The van der Waals surface area contributed by atoms with E-state index in [1.807, 2.05) is 0 Å². The van der Waals surface area contributed by atoms with Crippen LogP contribution in [0.4, 0.5) is 13.2 Å². The Morgan fingerprint density at radius 3 is 2.47 bits per heavy atom. The second-order valence-electron chi connectivity index (χ2n) is 4.25. The molecule has 2 rings (SSSR count). The zero-order valence-electron chi connectivity index (χ0n) is 9.47. The molecule has 1 saturated carbocycles. The summed E-state index contributed by atoms with van der Waals surface area (Å²) in [6.07, 6.45) is -3.85. The minimum atomic E-state index is -4.17. The van der Waals surface area contributed by atoms with Crippen molar-refractivity contribution in [2.45, 2.75) is 31.1 Å². The van der Waals surface area contributed by atoms with Gasteiger partial charge >= 0.3 is 6.18 Å². The highest BCUT2D eigenvalue weighted by Gasteiger charge is 2.62. The van der Waals surface area contributed by atoms with Crippen molar-refractivity contribution in [2.24, 2.45) is 0 Å². The fourth-order valence-electron chi connectivity index (χ4n) is 1.80. The number of halogens is 3. The van der Waals surface area contributed by atoms with Crippen molar-refractivity contribution >= 4 is 0 Å². The number of para-hydroxylation sites is 1. The summed E-state index contributed by atoms with van der Waals surface area (Å²) in [7, 11) is 1.51. The topological polar surface area (TPSA) is 21.3 Å². The minimum Gasteiger partial charge on any atom is -0.496 e. The maximum Gasteiger partial charge on any atom is 0.406 e. The maximum atomic E-state index is 12.7. The lowest BCUT2D eigenvalue weighted by Crippen LogP contribution is -2.44. The standard InChI is InChI=1S/C12H14F3NO/c1-17-10-5-3-2-4-9(10)8-16-11(6-7-11)12(13,14)15/h2-5,16H,6-8H2,1H3. The molecule has 1 aliphatic carbocycles. The molecule has 0 bridgehead atoms. The Morgan fingerprint density at radius 1 is 1.29 bits per heavy atom. The molecular weight excluding hydrogens is 231 g/mol. The Hall–Kier alpha value is -1.23. The lowest BCUT2D eigenvalue weighted by molar-refractivity contribution is -0.166. The summed E-state index contributed by atoms with van der Waals surface area (Å²) in [6.45, 7) is 0.170. The predicted octanol–water partition coefficient (Wildman–Crippen LogP) is 2.88. The number of hydrogen-bond acceptors (Lipinski definition) is 2. The van der Waals surface area contributed by atoms with Crippen LogP contribution < -0.4 is 10.1 Å². The number of rotatable bonds is 4. The molecule has 0 amide bonds. The van der Waals surface area contributed by atoms with E-state index in [1.165, 1.54) is 7.11 Å². The Bertz CT molecular complexity index is 399. The van der Waals surface area contributed by atoms with E-state index < -0.39 is 11.7 Å². The Morgan fingerprint density at radius 2 is 1.94 bits per heavy atom. The number of ether oxygens (including phenoxy) is 1. The summed E-state index contributed by atoms with van der Waals surface area (Å²) in [5, 5.41) is 2.60. The largest absolute Gasteiger partial charge is 0.496 e. The molecule has 1 aromatic rings. The zero-order chi connectivity index (χ0) is 12.5. The second-order valence-corrected chi connectivity index (χ2v) is 4.25. The van der Waals surface area contributed by atoms with Crippen molar-refractivity contribution < 1.29 is 17.9 Å². The molecule has 1 fully saturated rings. The number of nitrogens with one attached hydrogen (secondary N) is 1. The molecule has 1 aromatic carbocycles. The predicted molar refractivity (Wildman–Crippen MR) is 57.9 cm³/mol. The van der Waals surface area contributed by atoms with Gasteiger partial charge in [-0.2, -0.15) is 13.2 Å².